The average molecular weight is 249 g/mol. The van der Waals surface area contributed by atoms with Crippen LogP contribution in [0, 0.1) is 5.92 Å². The standard InChI is InChI=1S/C16H27NO/c1-5-15(18)17(16(2,3)4)13-9-12-14-10-7-6-8-11-14/h6-7,9,12,14H,5,8,10-11,13H2,1-4H3/b12-9+. The number of nitrogens with zero attached hydrogens (tertiary/aromatic N) is 1. The Balaban J connectivity index is 2.54. The van der Waals surface area contributed by atoms with Gasteiger partial charge in [0.2, 0.25) is 5.91 Å². The molecule has 0 N–H and O–H groups in total. The highest BCUT2D eigenvalue weighted by Gasteiger charge is 2.23. The molecule has 0 fully saturated rings. The van der Waals surface area contributed by atoms with Crippen molar-refractivity contribution in [2.24, 2.45) is 5.92 Å². The summed E-state index contributed by atoms with van der Waals surface area (Å²) >= 11 is 0. The highest BCUT2D eigenvalue weighted by molar-refractivity contribution is 5.76. The number of allylic oxidation sites excluding steroid dienone is 3. The molecule has 0 aliphatic heterocycles. The van der Waals surface area contributed by atoms with Crippen molar-refractivity contribution in [3.63, 3.8) is 0 Å². The van der Waals surface area contributed by atoms with Crippen molar-refractivity contribution in [1.82, 2.24) is 4.90 Å². The Labute approximate surface area is 112 Å². The highest BCUT2D eigenvalue weighted by Crippen LogP contribution is 2.20. The number of carbonyl (C=O) groups is 1. The van der Waals surface area contributed by atoms with Crippen LogP contribution in [0.2, 0.25) is 0 Å². The predicted octanol–water partition coefficient (Wildman–Crippen LogP) is 3.94. The zero-order valence-electron chi connectivity index (χ0n) is 12.3. The zero-order valence-corrected chi connectivity index (χ0v) is 12.3. The first kappa shape index (κ1) is 15.0. The van der Waals surface area contributed by atoms with Gasteiger partial charge < -0.3 is 4.90 Å². The lowest BCUT2D eigenvalue weighted by atomic mass is 9.94. The van der Waals surface area contributed by atoms with E-state index in [0.717, 1.165) is 13.0 Å². The van der Waals surface area contributed by atoms with Gasteiger partial charge in [0, 0.05) is 18.5 Å². The predicted molar refractivity (Wildman–Crippen MR) is 77.4 cm³/mol. The first-order valence-electron chi connectivity index (χ1n) is 7.07. The number of hydrogen-bond acceptors (Lipinski definition) is 1. The van der Waals surface area contributed by atoms with Crippen molar-refractivity contribution < 1.29 is 4.79 Å². The van der Waals surface area contributed by atoms with Crippen molar-refractivity contribution in [1.29, 1.82) is 0 Å². The topological polar surface area (TPSA) is 20.3 Å². The Hall–Kier alpha value is -1.05. The molecule has 0 saturated carbocycles. The van der Waals surface area contributed by atoms with Gasteiger partial charge in [-0.2, -0.15) is 0 Å². The molecule has 2 nitrogen and oxygen atoms in total. The normalized spacial score (nSPS) is 20.3. The minimum absolute atomic E-state index is 0.0934. The summed E-state index contributed by atoms with van der Waals surface area (Å²) < 4.78 is 0. The van der Waals surface area contributed by atoms with Crippen molar-refractivity contribution >= 4 is 5.91 Å². The van der Waals surface area contributed by atoms with Crippen molar-refractivity contribution in [2.45, 2.75) is 58.9 Å². The highest BCUT2D eigenvalue weighted by atomic mass is 16.2. The minimum atomic E-state index is -0.0934. The smallest absolute Gasteiger partial charge is 0.223 e. The molecule has 0 bridgehead atoms. The third-order valence-corrected chi connectivity index (χ3v) is 3.42. The zero-order chi connectivity index (χ0) is 13.6. The van der Waals surface area contributed by atoms with Crippen LogP contribution in [0.15, 0.2) is 24.3 Å². The van der Waals surface area contributed by atoms with Crippen LogP contribution in [0.5, 0.6) is 0 Å². The van der Waals surface area contributed by atoms with Crippen molar-refractivity contribution in [3.8, 4) is 0 Å². The average Bonchev–Trinajstić information content (AvgIpc) is 2.33. The molecule has 0 aromatic heterocycles. The molecule has 18 heavy (non-hydrogen) atoms. The SMILES string of the molecule is CCC(=O)N(C/C=C/C1CC=CCC1)C(C)(C)C. The van der Waals surface area contributed by atoms with Gasteiger partial charge in [0.05, 0.1) is 0 Å². The maximum Gasteiger partial charge on any atom is 0.223 e. The summed E-state index contributed by atoms with van der Waals surface area (Å²) in [5.74, 6) is 0.893. The maximum atomic E-state index is 11.9. The van der Waals surface area contributed by atoms with Gasteiger partial charge in [-0.15, -0.1) is 0 Å². The summed E-state index contributed by atoms with van der Waals surface area (Å²) in [7, 11) is 0. The molecule has 0 heterocycles. The van der Waals surface area contributed by atoms with E-state index in [4.69, 9.17) is 0 Å². The molecule has 1 aliphatic rings. The molecule has 0 aromatic rings. The summed E-state index contributed by atoms with van der Waals surface area (Å²) in [6.45, 7) is 8.94. The quantitative estimate of drug-likeness (QED) is 0.691. The van der Waals surface area contributed by atoms with E-state index in [2.05, 4.69) is 45.1 Å². The van der Waals surface area contributed by atoms with Gasteiger partial charge in [0.1, 0.15) is 0 Å². The molecule has 0 saturated heterocycles. The van der Waals surface area contributed by atoms with E-state index in [9.17, 15) is 4.79 Å². The van der Waals surface area contributed by atoms with Gasteiger partial charge in [-0.3, -0.25) is 4.79 Å². The molecule has 1 atom stereocenters. The fourth-order valence-corrected chi connectivity index (χ4v) is 2.29. The van der Waals surface area contributed by atoms with Gasteiger partial charge >= 0.3 is 0 Å². The van der Waals surface area contributed by atoms with Crippen LogP contribution < -0.4 is 0 Å². The van der Waals surface area contributed by atoms with E-state index in [-0.39, 0.29) is 11.4 Å². The second kappa shape index (κ2) is 6.77. The largest absolute Gasteiger partial charge is 0.334 e. The lowest BCUT2D eigenvalue weighted by Crippen LogP contribution is -2.45. The Bertz CT molecular complexity index is 322. The Morgan fingerprint density at radius 1 is 1.39 bits per heavy atom. The number of rotatable bonds is 4. The second-order valence-corrected chi connectivity index (χ2v) is 6.00. The molecule has 1 amide bonds. The molecule has 102 valence electrons. The van der Waals surface area contributed by atoms with Crippen LogP contribution >= 0.6 is 0 Å². The summed E-state index contributed by atoms with van der Waals surface area (Å²) in [6.07, 6.45) is 13.1. The molecule has 1 aliphatic carbocycles. The van der Waals surface area contributed by atoms with Crippen molar-refractivity contribution in [2.75, 3.05) is 6.54 Å². The first-order valence-corrected chi connectivity index (χ1v) is 7.07. The monoisotopic (exact) mass is 249 g/mol. The van der Waals surface area contributed by atoms with E-state index in [1.165, 1.54) is 12.8 Å². The molecular weight excluding hydrogens is 222 g/mol. The maximum absolute atomic E-state index is 11.9. The molecule has 0 spiro atoms. The fraction of sp³-hybridized carbons (Fsp3) is 0.688. The van der Waals surface area contributed by atoms with Crippen LogP contribution in [-0.2, 0) is 4.79 Å². The van der Waals surface area contributed by atoms with Crippen LogP contribution in [0.25, 0.3) is 0 Å². The van der Waals surface area contributed by atoms with Crippen LogP contribution in [0.3, 0.4) is 0 Å². The lowest BCUT2D eigenvalue weighted by Gasteiger charge is -2.35. The van der Waals surface area contributed by atoms with Gasteiger partial charge in [-0.05, 0) is 46.0 Å². The van der Waals surface area contributed by atoms with Gasteiger partial charge in [-0.25, -0.2) is 0 Å². The third kappa shape index (κ3) is 4.67. The van der Waals surface area contributed by atoms with Gasteiger partial charge in [0.15, 0.2) is 0 Å². The lowest BCUT2D eigenvalue weighted by molar-refractivity contribution is -0.134. The van der Waals surface area contributed by atoms with E-state index in [0.29, 0.717) is 12.3 Å². The van der Waals surface area contributed by atoms with E-state index >= 15 is 0 Å². The second-order valence-electron chi connectivity index (χ2n) is 6.00. The van der Waals surface area contributed by atoms with E-state index < -0.39 is 0 Å². The van der Waals surface area contributed by atoms with Crippen molar-refractivity contribution in [3.05, 3.63) is 24.3 Å². The molecule has 2 heteroatoms. The Morgan fingerprint density at radius 2 is 2.11 bits per heavy atom. The number of hydrogen-bond donors (Lipinski definition) is 0. The minimum Gasteiger partial charge on any atom is -0.334 e. The van der Waals surface area contributed by atoms with Crippen LogP contribution in [0.1, 0.15) is 53.4 Å². The Kier molecular flexibility index (Phi) is 5.64. The number of carbonyl (C=O) groups excluding carboxylic acids is 1. The summed E-state index contributed by atoms with van der Waals surface area (Å²) in [6, 6.07) is 0. The fourth-order valence-electron chi connectivity index (χ4n) is 2.29. The first-order chi connectivity index (χ1) is 8.45. The van der Waals surface area contributed by atoms with Gasteiger partial charge in [0.25, 0.3) is 0 Å². The summed E-state index contributed by atoms with van der Waals surface area (Å²) in [5.41, 5.74) is -0.0934. The summed E-state index contributed by atoms with van der Waals surface area (Å²) in [4.78, 5) is 13.9. The van der Waals surface area contributed by atoms with E-state index in [1.807, 2.05) is 11.8 Å². The summed E-state index contributed by atoms with van der Waals surface area (Å²) in [5, 5.41) is 0. The molecule has 1 rings (SSSR count). The Morgan fingerprint density at radius 3 is 2.61 bits per heavy atom. The van der Waals surface area contributed by atoms with Crippen LogP contribution in [-0.4, -0.2) is 22.9 Å². The van der Waals surface area contributed by atoms with Crippen LogP contribution in [0.4, 0.5) is 0 Å². The molecule has 0 radical (unpaired) electrons. The molecule has 0 aromatic carbocycles. The molecular formula is C16H27NO. The van der Waals surface area contributed by atoms with E-state index in [1.54, 1.807) is 0 Å². The number of amides is 1. The third-order valence-electron chi connectivity index (χ3n) is 3.42. The van der Waals surface area contributed by atoms with Gasteiger partial charge in [-0.1, -0.05) is 31.2 Å². The molecule has 1 unspecified atom stereocenters.